The van der Waals surface area contributed by atoms with Crippen molar-refractivity contribution in [3.63, 3.8) is 0 Å². The van der Waals surface area contributed by atoms with Gasteiger partial charge in [-0.1, -0.05) is 23.7 Å². The Morgan fingerprint density at radius 3 is 2.65 bits per heavy atom. The quantitative estimate of drug-likeness (QED) is 0.560. The summed E-state index contributed by atoms with van der Waals surface area (Å²) in [5, 5.41) is 1.77. The Hall–Kier alpha value is -1.71. The lowest BCUT2D eigenvalue weighted by Crippen LogP contribution is -1.90. The smallest absolute Gasteiger partial charge is 0.0858 e. The maximum atomic E-state index is 5.99. The minimum absolute atomic E-state index is 0.762. The first kappa shape index (κ1) is 13.3. The molecule has 0 unspecified atom stereocenters. The molecule has 3 rings (SSSR count). The Kier molecular flexibility index (Phi) is 3.81. The maximum absolute atomic E-state index is 5.99. The molecule has 2 aromatic carbocycles. The van der Waals surface area contributed by atoms with Gasteiger partial charge in [-0.2, -0.15) is 0 Å². The molecule has 20 heavy (non-hydrogen) atoms. The van der Waals surface area contributed by atoms with Crippen molar-refractivity contribution in [3.05, 3.63) is 65.3 Å². The van der Waals surface area contributed by atoms with Crippen molar-refractivity contribution in [1.82, 2.24) is 4.98 Å². The van der Waals surface area contributed by atoms with Gasteiger partial charge >= 0.3 is 0 Å². The van der Waals surface area contributed by atoms with E-state index >= 15 is 0 Å². The summed E-state index contributed by atoms with van der Waals surface area (Å²) in [7, 11) is 0. The first-order valence-electron chi connectivity index (χ1n) is 6.24. The average Bonchev–Trinajstić information content (AvgIpc) is 2.49. The van der Waals surface area contributed by atoms with E-state index in [-0.39, 0.29) is 0 Å². The number of fused-ring (bicyclic) bond motifs is 1. The molecule has 1 aromatic heterocycles. The third-order valence-corrected chi connectivity index (χ3v) is 4.44. The van der Waals surface area contributed by atoms with Crippen LogP contribution < -0.4 is 5.73 Å². The number of anilines is 1. The molecule has 0 amide bonds. The number of rotatable bonds is 3. The van der Waals surface area contributed by atoms with Gasteiger partial charge in [-0.15, -0.1) is 11.8 Å². The van der Waals surface area contributed by atoms with Gasteiger partial charge in [0.05, 0.1) is 5.52 Å². The van der Waals surface area contributed by atoms with Crippen molar-refractivity contribution < 1.29 is 0 Å². The van der Waals surface area contributed by atoms with E-state index in [1.165, 1.54) is 5.56 Å². The SMILES string of the molecule is Nc1ccc(SCc2ccc(Cl)cc2)c2ncccc12. The monoisotopic (exact) mass is 300 g/mol. The molecule has 0 aliphatic heterocycles. The van der Waals surface area contributed by atoms with Gasteiger partial charge in [0.2, 0.25) is 0 Å². The third-order valence-electron chi connectivity index (χ3n) is 3.07. The fourth-order valence-electron chi connectivity index (χ4n) is 2.03. The van der Waals surface area contributed by atoms with E-state index in [0.29, 0.717) is 0 Å². The van der Waals surface area contributed by atoms with Crippen molar-refractivity contribution >= 4 is 40.0 Å². The van der Waals surface area contributed by atoms with Gasteiger partial charge in [-0.3, -0.25) is 4.98 Å². The Bertz CT molecular complexity index is 741. The number of halogens is 1. The van der Waals surface area contributed by atoms with E-state index in [2.05, 4.69) is 4.98 Å². The summed E-state index contributed by atoms with van der Waals surface area (Å²) in [6, 6.07) is 15.8. The number of hydrogen-bond donors (Lipinski definition) is 1. The summed E-state index contributed by atoms with van der Waals surface area (Å²) in [5.74, 6) is 0.882. The van der Waals surface area contributed by atoms with Crippen LogP contribution in [0.5, 0.6) is 0 Å². The van der Waals surface area contributed by atoms with E-state index in [9.17, 15) is 0 Å². The van der Waals surface area contributed by atoms with Crippen LogP contribution in [0.2, 0.25) is 5.02 Å². The molecular weight excluding hydrogens is 288 g/mol. The molecule has 0 radical (unpaired) electrons. The molecule has 0 bridgehead atoms. The number of hydrogen-bond acceptors (Lipinski definition) is 3. The molecule has 0 aliphatic rings. The van der Waals surface area contributed by atoms with Crippen LogP contribution in [-0.4, -0.2) is 4.98 Å². The van der Waals surface area contributed by atoms with Gasteiger partial charge in [0.1, 0.15) is 0 Å². The average molecular weight is 301 g/mol. The van der Waals surface area contributed by atoms with Gasteiger partial charge in [-0.05, 0) is 42.0 Å². The number of thioether (sulfide) groups is 1. The molecule has 0 spiro atoms. The molecular formula is C16H13ClN2S. The Morgan fingerprint density at radius 2 is 1.85 bits per heavy atom. The molecule has 0 fully saturated rings. The van der Waals surface area contributed by atoms with Crippen LogP contribution in [0.15, 0.2) is 59.6 Å². The number of nitrogens with zero attached hydrogens (tertiary/aromatic N) is 1. The molecule has 0 saturated carbocycles. The normalized spacial score (nSPS) is 10.8. The summed E-state index contributed by atoms with van der Waals surface area (Å²) in [4.78, 5) is 5.59. The Balaban J connectivity index is 1.88. The van der Waals surface area contributed by atoms with E-state index in [1.54, 1.807) is 18.0 Å². The summed E-state index contributed by atoms with van der Waals surface area (Å²) in [6.07, 6.45) is 1.80. The molecule has 0 atom stereocenters. The van der Waals surface area contributed by atoms with Gasteiger partial charge in [-0.25, -0.2) is 0 Å². The van der Waals surface area contributed by atoms with E-state index in [4.69, 9.17) is 17.3 Å². The summed E-state index contributed by atoms with van der Waals surface area (Å²) in [5.41, 5.74) is 8.95. The van der Waals surface area contributed by atoms with E-state index < -0.39 is 0 Å². The molecule has 3 aromatic rings. The summed E-state index contributed by atoms with van der Waals surface area (Å²) >= 11 is 7.65. The number of nitrogen functional groups attached to an aromatic ring is 1. The lowest BCUT2D eigenvalue weighted by atomic mass is 10.2. The van der Waals surface area contributed by atoms with Gasteiger partial charge < -0.3 is 5.73 Å². The zero-order valence-corrected chi connectivity index (χ0v) is 12.3. The zero-order valence-electron chi connectivity index (χ0n) is 10.7. The van der Waals surface area contributed by atoms with Crippen molar-refractivity contribution in [2.24, 2.45) is 0 Å². The van der Waals surface area contributed by atoms with Crippen molar-refractivity contribution in [1.29, 1.82) is 0 Å². The van der Waals surface area contributed by atoms with Crippen LogP contribution in [0, 0.1) is 0 Å². The minimum atomic E-state index is 0.762. The second-order valence-corrected chi connectivity index (χ2v) is 5.92. The molecule has 2 nitrogen and oxygen atoms in total. The topological polar surface area (TPSA) is 38.9 Å². The third kappa shape index (κ3) is 2.74. The highest BCUT2D eigenvalue weighted by molar-refractivity contribution is 7.98. The highest BCUT2D eigenvalue weighted by atomic mass is 35.5. The van der Waals surface area contributed by atoms with Crippen LogP contribution in [-0.2, 0) is 5.75 Å². The predicted octanol–water partition coefficient (Wildman–Crippen LogP) is 4.76. The highest BCUT2D eigenvalue weighted by Crippen LogP contribution is 2.31. The number of aromatic nitrogens is 1. The maximum Gasteiger partial charge on any atom is 0.0858 e. The van der Waals surface area contributed by atoms with Gasteiger partial charge in [0.25, 0.3) is 0 Å². The van der Waals surface area contributed by atoms with Crippen molar-refractivity contribution in [3.8, 4) is 0 Å². The number of pyridine rings is 1. The molecule has 100 valence electrons. The Labute approximate surface area is 127 Å². The number of benzene rings is 2. The van der Waals surface area contributed by atoms with Crippen molar-refractivity contribution in [2.45, 2.75) is 10.6 Å². The van der Waals surface area contributed by atoms with Gasteiger partial charge in [0, 0.05) is 32.9 Å². The molecule has 4 heteroatoms. The Morgan fingerprint density at radius 1 is 1.05 bits per heavy atom. The predicted molar refractivity (Wildman–Crippen MR) is 87.2 cm³/mol. The fourth-order valence-corrected chi connectivity index (χ4v) is 3.13. The first-order chi connectivity index (χ1) is 9.74. The highest BCUT2D eigenvalue weighted by Gasteiger charge is 2.06. The largest absolute Gasteiger partial charge is 0.398 e. The molecule has 1 heterocycles. The van der Waals surface area contributed by atoms with Crippen molar-refractivity contribution in [2.75, 3.05) is 5.73 Å². The summed E-state index contributed by atoms with van der Waals surface area (Å²) in [6.45, 7) is 0. The van der Waals surface area contributed by atoms with Crippen LogP contribution >= 0.6 is 23.4 Å². The lowest BCUT2D eigenvalue weighted by molar-refractivity contribution is 1.34. The van der Waals surface area contributed by atoms with Crippen LogP contribution in [0.1, 0.15) is 5.56 Å². The van der Waals surface area contributed by atoms with E-state index in [0.717, 1.165) is 32.3 Å². The minimum Gasteiger partial charge on any atom is -0.398 e. The summed E-state index contributed by atoms with van der Waals surface area (Å²) < 4.78 is 0. The molecule has 0 aliphatic carbocycles. The van der Waals surface area contributed by atoms with Gasteiger partial charge in [0.15, 0.2) is 0 Å². The van der Waals surface area contributed by atoms with Crippen LogP contribution in [0.25, 0.3) is 10.9 Å². The molecule has 0 saturated heterocycles. The number of nitrogens with two attached hydrogens (primary N) is 1. The first-order valence-corrected chi connectivity index (χ1v) is 7.61. The second-order valence-electron chi connectivity index (χ2n) is 4.47. The molecule has 2 N–H and O–H groups in total. The fraction of sp³-hybridized carbons (Fsp3) is 0.0625. The second kappa shape index (κ2) is 5.73. The lowest BCUT2D eigenvalue weighted by Gasteiger charge is -2.07. The standard InChI is InChI=1S/C16H13ClN2S/c17-12-5-3-11(4-6-12)10-20-15-8-7-14(18)13-2-1-9-19-16(13)15/h1-9H,10,18H2. The van der Waals surface area contributed by atoms with Crippen LogP contribution in [0.4, 0.5) is 5.69 Å². The van der Waals surface area contributed by atoms with Crippen LogP contribution in [0.3, 0.4) is 0 Å². The zero-order chi connectivity index (χ0) is 13.9. The van der Waals surface area contributed by atoms with E-state index in [1.807, 2.05) is 48.5 Å².